The van der Waals surface area contributed by atoms with E-state index in [0.717, 1.165) is 47.4 Å². The summed E-state index contributed by atoms with van der Waals surface area (Å²) in [5.74, 6) is -0.166. The Hall–Kier alpha value is -1.83. The number of aliphatic carboxylic acids is 1. The van der Waals surface area contributed by atoms with Gasteiger partial charge in [-0.25, -0.2) is 9.98 Å². The maximum absolute atomic E-state index is 11.2. The number of hydrogen-bond acceptors (Lipinski definition) is 4. The van der Waals surface area contributed by atoms with Crippen LogP contribution in [0.15, 0.2) is 63.0 Å². The van der Waals surface area contributed by atoms with Crippen LogP contribution in [0.4, 0.5) is 11.4 Å². The van der Waals surface area contributed by atoms with Gasteiger partial charge in [0.05, 0.1) is 11.4 Å². The molecule has 2 aromatic rings. The maximum atomic E-state index is 11.2. The number of rotatable bonds is 4. The molecule has 1 aliphatic carbocycles. The van der Waals surface area contributed by atoms with E-state index >= 15 is 0 Å². The van der Waals surface area contributed by atoms with Gasteiger partial charge in [0.2, 0.25) is 0 Å². The molecule has 2 aliphatic rings. The molecule has 0 unspecified atom stereocenters. The molecular formula is C21H19BrClN3O2S. The molecule has 0 atom stereocenters. The van der Waals surface area contributed by atoms with Crippen LogP contribution < -0.4 is 4.90 Å². The van der Waals surface area contributed by atoms with Crippen molar-refractivity contribution in [2.24, 2.45) is 9.98 Å². The summed E-state index contributed by atoms with van der Waals surface area (Å²) in [6.45, 7) is 0. The van der Waals surface area contributed by atoms with Gasteiger partial charge in [0.25, 0.3) is 0 Å². The molecule has 0 amide bonds. The Balaban J connectivity index is 1.80. The van der Waals surface area contributed by atoms with E-state index in [1.807, 2.05) is 48.5 Å². The highest BCUT2D eigenvalue weighted by molar-refractivity contribution is 9.10. The Morgan fingerprint density at radius 3 is 2.45 bits per heavy atom. The van der Waals surface area contributed by atoms with Gasteiger partial charge in [-0.3, -0.25) is 4.79 Å². The van der Waals surface area contributed by atoms with E-state index in [1.165, 1.54) is 11.8 Å². The highest BCUT2D eigenvalue weighted by Crippen LogP contribution is 2.45. The van der Waals surface area contributed by atoms with Crippen molar-refractivity contribution in [3.05, 3.63) is 58.0 Å². The lowest BCUT2D eigenvalue weighted by atomic mass is 9.94. The molecule has 8 heteroatoms. The molecule has 1 spiro atoms. The second kappa shape index (κ2) is 8.50. The van der Waals surface area contributed by atoms with Crippen molar-refractivity contribution in [2.45, 2.75) is 31.2 Å². The standard InChI is InChI=1S/C21H19BrClN3O2S/c22-14-3-9-17(10-4-14)26-20(29-13-18(27)28)25-19(21(26)11-1-2-12-21)24-16-7-5-15(23)6-8-16/h3-10H,1-2,11-13H2,(H,27,28). The van der Waals surface area contributed by atoms with E-state index < -0.39 is 5.97 Å². The number of thioether (sulfide) groups is 1. The summed E-state index contributed by atoms with van der Waals surface area (Å²) in [4.78, 5) is 23.1. The molecule has 1 aliphatic heterocycles. The zero-order valence-electron chi connectivity index (χ0n) is 15.5. The van der Waals surface area contributed by atoms with Crippen LogP contribution in [-0.2, 0) is 4.79 Å². The van der Waals surface area contributed by atoms with Gasteiger partial charge in [-0.2, -0.15) is 0 Å². The molecule has 29 heavy (non-hydrogen) atoms. The number of anilines is 1. The minimum atomic E-state index is -0.864. The van der Waals surface area contributed by atoms with Crippen molar-refractivity contribution in [3.63, 3.8) is 0 Å². The first-order valence-corrected chi connectivity index (χ1v) is 11.5. The predicted octanol–water partition coefficient (Wildman–Crippen LogP) is 6.14. The number of hydrogen-bond donors (Lipinski definition) is 1. The molecule has 0 saturated heterocycles. The molecule has 4 rings (SSSR count). The number of amidine groups is 2. The Kier molecular flexibility index (Phi) is 5.99. The molecule has 0 radical (unpaired) electrons. The topological polar surface area (TPSA) is 65.3 Å². The third-order valence-corrected chi connectivity index (χ3v) is 6.84. The molecule has 1 N–H and O–H groups in total. The summed E-state index contributed by atoms with van der Waals surface area (Å²) in [6.07, 6.45) is 4.02. The van der Waals surface area contributed by atoms with E-state index in [-0.39, 0.29) is 11.3 Å². The monoisotopic (exact) mass is 491 g/mol. The van der Waals surface area contributed by atoms with Crippen molar-refractivity contribution >= 4 is 67.6 Å². The van der Waals surface area contributed by atoms with Crippen LogP contribution in [0, 0.1) is 0 Å². The predicted molar refractivity (Wildman–Crippen MR) is 124 cm³/mol. The van der Waals surface area contributed by atoms with Crippen molar-refractivity contribution in [1.29, 1.82) is 0 Å². The third kappa shape index (κ3) is 4.22. The van der Waals surface area contributed by atoms with Crippen LogP contribution in [-0.4, -0.2) is 33.4 Å². The summed E-state index contributed by atoms with van der Waals surface area (Å²) in [5.41, 5.74) is 1.43. The van der Waals surface area contributed by atoms with Gasteiger partial charge in [-0.1, -0.05) is 52.1 Å². The fraction of sp³-hybridized carbons (Fsp3) is 0.286. The van der Waals surface area contributed by atoms with Crippen molar-refractivity contribution < 1.29 is 9.90 Å². The first kappa shape index (κ1) is 20.4. The summed E-state index contributed by atoms with van der Waals surface area (Å²) in [6, 6.07) is 15.4. The number of nitrogens with zero attached hydrogens (tertiary/aromatic N) is 3. The Bertz CT molecular complexity index is 970. The van der Waals surface area contributed by atoms with Gasteiger partial charge in [-0.15, -0.1) is 0 Å². The normalized spacial score (nSPS) is 19.2. The zero-order valence-corrected chi connectivity index (χ0v) is 18.7. The van der Waals surface area contributed by atoms with Gasteiger partial charge in [-0.05, 0) is 61.4 Å². The first-order chi connectivity index (χ1) is 14.0. The maximum Gasteiger partial charge on any atom is 0.313 e. The molecule has 1 heterocycles. The fourth-order valence-corrected chi connectivity index (χ4v) is 5.08. The highest BCUT2D eigenvalue weighted by atomic mass is 79.9. The quantitative estimate of drug-likeness (QED) is 0.557. The molecule has 0 bridgehead atoms. The average molecular weight is 493 g/mol. The van der Waals surface area contributed by atoms with Gasteiger partial charge in [0, 0.05) is 15.2 Å². The van der Waals surface area contributed by atoms with Crippen molar-refractivity contribution in [1.82, 2.24) is 0 Å². The van der Waals surface area contributed by atoms with Gasteiger partial charge in [0.15, 0.2) is 11.0 Å². The molecule has 150 valence electrons. The van der Waals surface area contributed by atoms with Gasteiger partial charge >= 0.3 is 5.97 Å². The van der Waals surface area contributed by atoms with Crippen LogP contribution in [0.25, 0.3) is 0 Å². The lowest BCUT2D eigenvalue weighted by molar-refractivity contribution is -0.133. The SMILES string of the molecule is O=C(O)CSC1=NC(=Nc2ccc(Cl)cc2)C2(CCCC2)N1c1ccc(Br)cc1. The molecular weight excluding hydrogens is 474 g/mol. The third-order valence-electron chi connectivity index (χ3n) is 5.14. The van der Waals surface area contributed by atoms with E-state index in [2.05, 4.69) is 20.8 Å². The summed E-state index contributed by atoms with van der Waals surface area (Å²) >= 11 is 10.7. The van der Waals surface area contributed by atoms with Crippen LogP contribution in [0.3, 0.4) is 0 Å². The van der Waals surface area contributed by atoms with Gasteiger partial charge < -0.3 is 10.0 Å². The largest absolute Gasteiger partial charge is 0.481 e. The Morgan fingerprint density at radius 1 is 1.17 bits per heavy atom. The fourth-order valence-electron chi connectivity index (χ4n) is 3.87. The molecule has 5 nitrogen and oxygen atoms in total. The number of carboxylic acid groups (broad SMARTS) is 1. The molecule has 1 fully saturated rings. The first-order valence-electron chi connectivity index (χ1n) is 9.32. The van der Waals surface area contributed by atoms with Gasteiger partial charge in [0.1, 0.15) is 5.54 Å². The Labute approximate surface area is 187 Å². The minimum absolute atomic E-state index is 0.0455. The highest BCUT2D eigenvalue weighted by Gasteiger charge is 2.51. The van der Waals surface area contributed by atoms with Crippen LogP contribution in [0.2, 0.25) is 5.02 Å². The van der Waals surface area contributed by atoms with Crippen LogP contribution >= 0.6 is 39.3 Å². The zero-order chi connectivity index (χ0) is 20.4. The number of carboxylic acids is 1. The Morgan fingerprint density at radius 2 is 1.83 bits per heavy atom. The smallest absolute Gasteiger partial charge is 0.313 e. The molecule has 1 saturated carbocycles. The van der Waals surface area contributed by atoms with Crippen LogP contribution in [0.1, 0.15) is 25.7 Å². The summed E-state index contributed by atoms with van der Waals surface area (Å²) < 4.78 is 0.993. The second-order valence-electron chi connectivity index (χ2n) is 7.04. The second-order valence-corrected chi connectivity index (χ2v) is 9.33. The van der Waals surface area contributed by atoms with E-state index in [1.54, 1.807) is 0 Å². The minimum Gasteiger partial charge on any atom is -0.481 e. The average Bonchev–Trinajstić information content (AvgIpc) is 3.29. The van der Waals surface area contributed by atoms with Crippen molar-refractivity contribution in [2.75, 3.05) is 10.7 Å². The number of aliphatic imine (C=N–C) groups is 2. The number of carbonyl (C=O) groups is 1. The van der Waals surface area contributed by atoms with Crippen molar-refractivity contribution in [3.8, 4) is 0 Å². The number of halogens is 2. The van der Waals surface area contributed by atoms with Crippen LogP contribution in [0.5, 0.6) is 0 Å². The summed E-state index contributed by atoms with van der Waals surface area (Å²) in [7, 11) is 0. The van der Waals surface area contributed by atoms with E-state index in [0.29, 0.717) is 10.2 Å². The molecule has 2 aromatic carbocycles. The summed E-state index contributed by atoms with van der Waals surface area (Å²) in [5, 5.41) is 10.6. The number of benzene rings is 2. The lowest BCUT2D eigenvalue weighted by Gasteiger charge is -2.36. The lowest BCUT2D eigenvalue weighted by Crippen LogP contribution is -2.49. The molecule has 0 aromatic heterocycles. The van der Waals surface area contributed by atoms with E-state index in [4.69, 9.17) is 21.6 Å². The van der Waals surface area contributed by atoms with E-state index in [9.17, 15) is 9.90 Å².